The van der Waals surface area contributed by atoms with E-state index in [-0.39, 0.29) is 5.91 Å². The van der Waals surface area contributed by atoms with Gasteiger partial charge in [0.15, 0.2) is 0 Å². The summed E-state index contributed by atoms with van der Waals surface area (Å²) < 4.78 is 5.78. The first kappa shape index (κ1) is 14.0. The summed E-state index contributed by atoms with van der Waals surface area (Å²) in [6, 6.07) is 6.13. The maximum Gasteiger partial charge on any atom is 0.239 e. The number of ether oxygens (including phenoxy) is 1. The fourth-order valence-electron chi connectivity index (χ4n) is 2.89. The van der Waals surface area contributed by atoms with Crippen LogP contribution in [0, 0.1) is 0 Å². The summed E-state index contributed by atoms with van der Waals surface area (Å²) in [5.41, 5.74) is 2.21. The van der Waals surface area contributed by atoms with Crippen molar-refractivity contribution in [3.05, 3.63) is 18.2 Å². The monoisotopic (exact) mass is 290 g/mol. The molecule has 21 heavy (non-hydrogen) atoms. The number of para-hydroxylation sites is 1. The fraction of sp³-hybridized carbons (Fsp3) is 0.533. The van der Waals surface area contributed by atoms with Crippen molar-refractivity contribution in [3.63, 3.8) is 0 Å². The van der Waals surface area contributed by atoms with Crippen LogP contribution in [0.1, 0.15) is 0 Å². The maximum absolute atomic E-state index is 11.8. The molecule has 1 fully saturated rings. The van der Waals surface area contributed by atoms with Crippen molar-refractivity contribution < 1.29 is 9.53 Å². The number of hydrogen-bond acceptors (Lipinski definition) is 5. The van der Waals surface area contributed by atoms with Crippen LogP contribution in [0.15, 0.2) is 18.2 Å². The molecule has 6 nitrogen and oxygen atoms in total. The lowest BCUT2D eigenvalue weighted by atomic mass is 10.1. The molecule has 0 bridgehead atoms. The Morgan fingerprint density at radius 2 is 2.14 bits per heavy atom. The van der Waals surface area contributed by atoms with Crippen LogP contribution in [0.3, 0.4) is 0 Å². The Bertz CT molecular complexity index is 514. The zero-order chi connectivity index (χ0) is 14.7. The van der Waals surface area contributed by atoms with Crippen molar-refractivity contribution in [2.45, 2.75) is 0 Å². The first-order valence-electron chi connectivity index (χ1n) is 7.46. The Hall–Kier alpha value is -1.95. The van der Waals surface area contributed by atoms with Crippen molar-refractivity contribution >= 4 is 17.3 Å². The van der Waals surface area contributed by atoms with E-state index in [4.69, 9.17) is 4.74 Å². The van der Waals surface area contributed by atoms with Crippen molar-refractivity contribution in [1.29, 1.82) is 0 Å². The van der Waals surface area contributed by atoms with Crippen molar-refractivity contribution in [3.8, 4) is 5.75 Å². The van der Waals surface area contributed by atoms with E-state index >= 15 is 0 Å². The van der Waals surface area contributed by atoms with Crippen LogP contribution in [-0.4, -0.2) is 58.8 Å². The highest BCUT2D eigenvalue weighted by Gasteiger charge is 2.26. The van der Waals surface area contributed by atoms with Gasteiger partial charge in [-0.15, -0.1) is 0 Å². The summed E-state index contributed by atoms with van der Waals surface area (Å²) in [6.07, 6.45) is 0. The van der Waals surface area contributed by atoms with Crippen molar-refractivity contribution in [1.82, 2.24) is 10.6 Å². The molecule has 114 valence electrons. The molecule has 0 unspecified atom stereocenters. The maximum atomic E-state index is 11.8. The van der Waals surface area contributed by atoms with Gasteiger partial charge in [-0.1, -0.05) is 6.07 Å². The number of anilines is 2. The highest BCUT2D eigenvalue weighted by molar-refractivity contribution is 5.86. The number of carbonyl (C=O) groups is 1. The number of rotatable bonds is 3. The summed E-state index contributed by atoms with van der Waals surface area (Å²) >= 11 is 0. The number of nitrogens with zero attached hydrogens (tertiary/aromatic N) is 2. The van der Waals surface area contributed by atoms with Crippen LogP contribution in [0.4, 0.5) is 11.4 Å². The van der Waals surface area contributed by atoms with Crippen LogP contribution in [0.25, 0.3) is 0 Å². The molecule has 1 aromatic carbocycles. The summed E-state index contributed by atoms with van der Waals surface area (Å²) in [5, 5.41) is 6.06. The number of likely N-dealkylation sites (N-methyl/N-ethyl adjacent to an activating group) is 1. The van der Waals surface area contributed by atoms with Gasteiger partial charge in [0.1, 0.15) is 18.0 Å². The van der Waals surface area contributed by atoms with E-state index in [1.165, 1.54) is 0 Å². The van der Waals surface area contributed by atoms with E-state index in [1.54, 1.807) is 7.05 Å². The lowest BCUT2D eigenvalue weighted by molar-refractivity contribution is -0.119. The number of nitrogens with one attached hydrogen (secondary N) is 2. The second-order valence-electron chi connectivity index (χ2n) is 5.30. The standard InChI is InChI=1S/C15H22N4O2/c1-16-14(20)11-19-9-10-21-13-4-2-3-12(15(13)19)18-7-5-17-6-8-18/h2-4,17H,5-11H2,1H3,(H,16,20). The number of carbonyl (C=O) groups excluding carboxylic acids is 1. The van der Waals surface area contributed by atoms with Gasteiger partial charge in [0.25, 0.3) is 0 Å². The Morgan fingerprint density at radius 3 is 2.90 bits per heavy atom. The molecule has 2 N–H and O–H groups in total. The van der Waals surface area contributed by atoms with E-state index in [0.29, 0.717) is 13.2 Å². The molecule has 1 saturated heterocycles. The number of benzene rings is 1. The molecule has 2 heterocycles. The van der Waals surface area contributed by atoms with Crippen molar-refractivity contribution in [2.24, 2.45) is 0 Å². The Labute approximate surface area is 125 Å². The molecule has 0 aliphatic carbocycles. The number of piperazine rings is 1. The smallest absolute Gasteiger partial charge is 0.239 e. The minimum absolute atomic E-state index is 0.0259. The van der Waals surface area contributed by atoms with Gasteiger partial charge in [0.2, 0.25) is 5.91 Å². The predicted molar refractivity (Wildman–Crippen MR) is 83.3 cm³/mol. The lowest BCUT2D eigenvalue weighted by Gasteiger charge is -2.37. The second-order valence-corrected chi connectivity index (χ2v) is 5.30. The molecule has 2 aliphatic heterocycles. The zero-order valence-corrected chi connectivity index (χ0v) is 12.4. The van der Waals surface area contributed by atoms with E-state index in [2.05, 4.69) is 26.5 Å². The third-order valence-corrected chi connectivity index (χ3v) is 3.98. The highest BCUT2D eigenvalue weighted by atomic mass is 16.5. The first-order chi connectivity index (χ1) is 10.3. The molecular formula is C15H22N4O2. The molecule has 0 spiro atoms. The van der Waals surface area contributed by atoms with Gasteiger partial charge in [0.05, 0.1) is 18.8 Å². The minimum Gasteiger partial charge on any atom is -0.489 e. The third-order valence-electron chi connectivity index (χ3n) is 3.98. The summed E-state index contributed by atoms with van der Waals surface area (Å²) in [7, 11) is 1.67. The molecule has 0 aromatic heterocycles. The van der Waals surface area contributed by atoms with Gasteiger partial charge in [0, 0.05) is 33.2 Å². The van der Waals surface area contributed by atoms with Crippen LogP contribution < -0.4 is 25.2 Å². The van der Waals surface area contributed by atoms with Gasteiger partial charge < -0.3 is 25.2 Å². The second kappa shape index (κ2) is 6.22. The SMILES string of the molecule is CNC(=O)CN1CCOc2cccc(N3CCNCC3)c21. The average molecular weight is 290 g/mol. The Morgan fingerprint density at radius 1 is 1.33 bits per heavy atom. The highest BCUT2D eigenvalue weighted by Crippen LogP contribution is 2.40. The predicted octanol–water partition coefficient (Wildman–Crippen LogP) is 0.0410. The van der Waals surface area contributed by atoms with Crippen LogP contribution in [0.5, 0.6) is 5.75 Å². The molecule has 0 atom stereocenters. The van der Waals surface area contributed by atoms with E-state index < -0.39 is 0 Å². The van der Waals surface area contributed by atoms with E-state index in [0.717, 1.165) is 49.8 Å². The Kier molecular flexibility index (Phi) is 4.15. The molecule has 6 heteroatoms. The molecule has 2 aliphatic rings. The van der Waals surface area contributed by atoms with Crippen molar-refractivity contribution in [2.75, 3.05) is 62.7 Å². The van der Waals surface area contributed by atoms with Crippen LogP contribution >= 0.6 is 0 Å². The first-order valence-corrected chi connectivity index (χ1v) is 7.46. The number of hydrogen-bond donors (Lipinski definition) is 2. The molecule has 1 aromatic rings. The topological polar surface area (TPSA) is 56.8 Å². The van der Waals surface area contributed by atoms with Crippen LogP contribution in [-0.2, 0) is 4.79 Å². The average Bonchev–Trinajstić information content (AvgIpc) is 2.55. The normalized spacial score (nSPS) is 18.0. The molecule has 0 radical (unpaired) electrons. The number of amides is 1. The summed E-state index contributed by atoms with van der Waals surface area (Å²) in [6.45, 7) is 5.66. The van der Waals surface area contributed by atoms with Gasteiger partial charge in [-0.25, -0.2) is 0 Å². The Balaban J connectivity index is 1.92. The van der Waals surface area contributed by atoms with Gasteiger partial charge in [-0.2, -0.15) is 0 Å². The zero-order valence-electron chi connectivity index (χ0n) is 12.4. The van der Waals surface area contributed by atoms with Gasteiger partial charge in [-0.05, 0) is 12.1 Å². The summed E-state index contributed by atoms with van der Waals surface area (Å²) in [5.74, 6) is 0.902. The quantitative estimate of drug-likeness (QED) is 0.823. The number of fused-ring (bicyclic) bond motifs is 1. The van der Waals surface area contributed by atoms with E-state index in [1.807, 2.05) is 12.1 Å². The van der Waals surface area contributed by atoms with Gasteiger partial charge >= 0.3 is 0 Å². The molecule has 1 amide bonds. The summed E-state index contributed by atoms with van der Waals surface area (Å²) in [4.78, 5) is 16.2. The minimum atomic E-state index is 0.0259. The van der Waals surface area contributed by atoms with Gasteiger partial charge in [-0.3, -0.25) is 4.79 Å². The largest absolute Gasteiger partial charge is 0.489 e. The molecule has 0 saturated carbocycles. The van der Waals surface area contributed by atoms with Crippen LogP contribution in [0.2, 0.25) is 0 Å². The van der Waals surface area contributed by atoms with E-state index in [9.17, 15) is 4.79 Å². The third kappa shape index (κ3) is 2.90. The lowest BCUT2D eigenvalue weighted by Crippen LogP contribution is -2.45. The fourth-order valence-corrected chi connectivity index (χ4v) is 2.89. The molecule has 3 rings (SSSR count). The molecular weight excluding hydrogens is 268 g/mol.